The van der Waals surface area contributed by atoms with Crippen molar-refractivity contribution in [1.82, 2.24) is 4.98 Å². The molecule has 2 aliphatic carbocycles. The van der Waals surface area contributed by atoms with Crippen molar-refractivity contribution < 1.29 is 43.9 Å². The Morgan fingerprint density at radius 1 is 1.26 bits per heavy atom. The molecule has 0 amide bonds. The van der Waals surface area contributed by atoms with Gasteiger partial charge in [-0.05, 0) is 50.3 Å². The molecule has 13 atom stereocenters. The van der Waals surface area contributed by atoms with Crippen molar-refractivity contribution in [3.05, 3.63) is 35.7 Å². The number of methoxy groups -OCH3 is 1. The van der Waals surface area contributed by atoms with Gasteiger partial charge in [-0.2, -0.15) is 0 Å². The summed E-state index contributed by atoms with van der Waals surface area (Å²) in [7, 11) is 1.41. The predicted molar refractivity (Wildman–Crippen MR) is 134 cm³/mol. The van der Waals surface area contributed by atoms with Gasteiger partial charge in [0.2, 0.25) is 0 Å². The fourth-order valence-electron chi connectivity index (χ4n) is 7.69. The molecular formula is C28H39NO9. The fourth-order valence-corrected chi connectivity index (χ4v) is 7.69. The average molecular weight is 534 g/mol. The number of aliphatic hydroxyl groups is 3. The molecule has 10 heteroatoms. The molecule has 4 N–H and O–H groups in total. The van der Waals surface area contributed by atoms with E-state index in [-0.39, 0.29) is 18.3 Å². The number of aromatic amines is 1. The maximum atomic E-state index is 13.1. The third-order valence-corrected chi connectivity index (χ3v) is 9.44. The van der Waals surface area contributed by atoms with Crippen LogP contribution in [0.3, 0.4) is 0 Å². The lowest BCUT2D eigenvalue weighted by Crippen LogP contribution is -2.62. The molecule has 4 bridgehead atoms. The lowest BCUT2D eigenvalue weighted by molar-refractivity contribution is -0.177. The van der Waals surface area contributed by atoms with E-state index < -0.39 is 78.0 Å². The van der Waals surface area contributed by atoms with Crippen molar-refractivity contribution >= 4 is 11.9 Å². The van der Waals surface area contributed by atoms with Crippen LogP contribution in [0.1, 0.15) is 51.0 Å². The third kappa shape index (κ3) is 4.12. The van der Waals surface area contributed by atoms with Crippen LogP contribution >= 0.6 is 0 Å². The van der Waals surface area contributed by atoms with Crippen LogP contribution in [0.15, 0.2) is 30.0 Å². The first-order chi connectivity index (χ1) is 18.0. The molecule has 2 saturated carbocycles. The number of carbonyl (C=O) groups excluding carboxylic acids is 2. The van der Waals surface area contributed by atoms with Gasteiger partial charge in [0.05, 0.1) is 24.4 Å². The van der Waals surface area contributed by atoms with Crippen molar-refractivity contribution in [2.45, 2.75) is 88.9 Å². The monoisotopic (exact) mass is 533 g/mol. The van der Waals surface area contributed by atoms with Crippen LogP contribution in [-0.2, 0) is 23.7 Å². The molecule has 0 radical (unpaired) electrons. The minimum Gasteiger partial charge on any atom is -0.457 e. The van der Waals surface area contributed by atoms with Crippen molar-refractivity contribution in [2.24, 2.45) is 29.6 Å². The summed E-state index contributed by atoms with van der Waals surface area (Å²) in [5.41, 5.74) is -0.0347. The van der Waals surface area contributed by atoms with E-state index in [1.54, 1.807) is 25.3 Å². The molecule has 5 rings (SSSR count). The van der Waals surface area contributed by atoms with Gasteiger partial charge in [-0.3, -0.25) is 0 Å². The van der Waals surface area contributed by atoms with E-state index in [0.717, 1.165) is 5.57 Å². The zero-order valence-corrected chi connectivity index (χ0v) is 22.4. The average Bonchev–Trinajstić information content (AvgIpc) is 3.47. The second kappa shape index (κ2) is 10.1. The van der Waals surface area contributed by atoms with Crippen LogP contribution in [0.2, 0.25) is 0 Å². The number of nitrogens with one attached hydrogen (secondary N) is 1. The number of hydrogen-bond donors (Lipinski definition) is 4. The smallest absolute Gasteiger partial charge is 0.355 e. The summed E-state index contributed by atoms with van der Waals surface area (Å²) in [4.78, 5) is 28.9. The number of esters is 2. The first-order valence-electron chi connectivity index (χ1n) is 13.5. The Morgan fingerprint density at radius 2 is 2.00 bits per heavy atom. The first-order valence-corrected chi connectivity index (χ1v) is 13.5. The Labute approximate surface area is 222 Å². The highest BCUT2D eigenvalue weighted by Crippen LogP contribution is 2.63. The number of ether oxygens (including phenoxy) is 4. The summed E-state index contributed by atoms with van der Waals surface area (Å²) >= 11 is 0. The van der Waals surface area contributed by atoms with Crippen LogP contribution in [0.25, 0.3) is 0 Å². The second-order valence-corrected chi connectivity index (χ2v) is 11.6. The molecule has 2 aliphatic heterocycles. The van der Waals surface area contributed by atoms with E-state index in [9.17, 15) is 24.9 Å². The summed E-state index contributed by atoms with van der Waals surface area (Å²) in [6, 6.07) is 3.33. The van der Waals surface area contributed by atoms with E-state index >= 15 is 0 Å². The number of carbonyl (C=O) groups is 2. The molecular weight excluding hydrogens is 494 g/mol. The lowest BCUT2D eigenvalue weighted by Gasteiger charge is -2.52. The third-order valence-electron chi connectivity index (χ3n) is 9.44. The largest absolute Gasteiger partial charge is 0.457 e. The zero-order valence-electron chi connectivity index (χ0n) is 22.4. The summed E-state index contributed by atoms with van der Waals surface area (Å²) in [5.74, 6) is -3.21. The minimum absolute atomic E-state index is 0.104. The second-order valence-electron chi connectivity index (χ2n) is 11.6. The van der Waals surface area contributed by atoms with E-state index in [4.69, 9.17) is 18.9 Å². The molecule has 38 heavy (non-hydrogen) atoms. The molecule has 1 saturated heterocycles. The Morgan fingerprint density at radius 3 is 2.63 bits per heavy atom. The number of H-pyrrole nitrogens is 1. The molecule has 10 nitrogen and oxygen atoms in total. The van der Waals surface area contributed by atoms with E-state index in [2.05, 4.69) is 4.98 Å². The molecule has 0 unspecified atom stereocenters. The van der Waals surface area contributed by atoms with Crippen LogP contribution in [0.4, 0.5) is 0 Å². The molecule has 3 fully saturated rings. The Balaban J connectivity index is 1.60. The zero-order chi connectivity index (χ0) is 27.5. The van der Waals surface area contributed by atoms with Crippen molar-refractivity contribution in [1.29, 1.82) is 0 Å². The Bertz CT molecular complexity index is 1070. The van der Waals surface area contributed by atoms with Crippen LogP contribution in [0.5, 0.6) is 0 Å². The number of aromatic nitrogens is 1. The number of aliphatic hydroxyl groups excluding tert-OH is 3. The van der Waals surface area contributed by atoms with E-state index in [0.29, 0.717) is 12.1 Å². The quantitative estimate of drug-likeness (QED) is 0.335. The van der Waals surface area contributed by atoms with Crippen LogP contribution in [0, 0.1) is 29.6 Å². The van der Waals surface area contributed by atoms with Gasteiger partial charge in [0.25, 0.3) is 0 Å². The minimum atomic E-state index is -1.12. The molecule has 1 spiro atoms. The summed E-state index contributed by atoms with van der Waals surface area (Å²) in [6.45, 7) is 7.17. The SMILES string of the molecule is CO[C@H]1C[C@H]2[C@@H](O)C[C@H]3[C@H]4O[C@]2(/C(C)=C/[C@@H](C)[C@@H]([C@@H](C)O)OC1=O)[C@@H]3[C@H](O)[C@@H](C)[C@H]4OC(=O)c1ccc[nH]1. The topological polar surface area (TPSA) is 148 Å². The normalized spacial score (nSPS) is 46.8. The Hall–Kier alpha value is -2.24. The van der Waals surface area contributed by atoms with Crippen molar-refractivity contribution in [2.75, 3.05) is 7.11 Å². The van der Waals surface area contributed by atoms with Gasteiger partial charge in [-0.25, -0.2) is 9.59 Å². The summed E-state index contributed by atoms with van der Waals surface area (Å²) in [5, 5.41) is 33.6. The fraction of sp³-hybridized carbons (Fsp3) is 0.714. The van der Waals surface area contributed by atoms with Gasteiger partial charge < -0.3 is 39.3 Å². The maximum absolute atomic E-state index is 13.1. The van der Waals surface area contributed by atoms with Crippen LogP contribution in [-0.4, -0.2) is 87.7 Å². The van der Waals surface area contributed by atoms with Crippen molar-refractivity contribution in [3.8, 4) is 0 Å². The molecule has 1 aromatic rings. The van der Waals surface area contributed by atoms with Gasteiger partial charge in [0.1, 0.15) is 23.5 Å². The standard InChI is InChI=1S/C28H39NO9/c1-12-9-13(2)28-17(11-20(35-5)27(34)36-23(12)15(4)30)19(31)10-16-21(28)22(32)14(3)24(25(16)38-28)37-26(33)18-7-6-8-29-18/h6-9,12,14-17,19-25,29-32H,10-11H2,1-5H3/b13-9+/t12-,14-,15-,16-,17+,19+,20+,21+,22-,23+,24-,25-,28+/m1/s1. The van der Waals surface area contributed by atoms with Crippen molar-refractivity contribution in [3.63, 3.8) is 0 Å². The molecule has 1 aromatic heterocycles. The summed E-state index contributed by atoms with van der Waals surface area (Å²) in [6.07, 6.45) is -1.79. The molecule has 210 valence electrons. The molecule has 4 aliphatic rings. The Kier molecular flexibility index (Phi) is 7.23. The van der Waals surface area contributed by atoms with Gasteiger partial charge in [0, 0.05) is 37.0 Å². The van der Waals surface area contributed by atoms with E-state index in [1.165, 1.54) is 7.11 Å². The van der Waals surface area contributed by atoms with Gasteiger partial charge in [0.15, 0.2) is 6.10 Å². The lowest BCUT2D eigenvalue weighted by atomic mass is 9.54. The van der Waals surface area contributed by atoms with Crippen LogP contribution < -0.4 is 0 Å². The van der Waals surface area contributed by atoms with Gasteiger partial charge >= 0.3 is 11.9 Å². The summed E-state index contributed by atoms with van der Waals surface area (Å²) < 4.78 is 24.1. The highest BCUT2D eigenvalue weighted by atomic mass is 16.6. The highest BCUT2D eigenvalue weighted by molar-refractivity contribution is 5.87. The maximum Gasteiger partial charge on any atom is 0.355 e. The highest BCUT2D eigenvalue weighted by Gasteiger charge is 2.72. The first kappa shape index (κ1) is 27.3. The van der Waals surface area contributed by atoms with E-state index in [1.807, 2.05) is 26.8 Å². The molecule has 0 aromatic carbocycles. The van der Waals surface area contributed by atoms with Gasteiger partial charge in [-0.15, -0.1) is 0 Å². The van der Waals surface area contributed by atoms with Gasteiger partial charge in [-0.1, -0.05) is 19.9 Å². The number of cyclic esters (lactones) is 1. The number of rotatable bonds is 4. The predicted octanol–water partition coefficient (Wildman–Crippen LogP) is 1.60. The number of hydrogen-bond acceptors (Lipinski definition) is 9. The molecule has 3 heterocycles.